The van der Waals surface area contributed by atoms with Crippen LogP contribution >= 0.6 is 23.4 Å². The van der Waals surface area contributed by atoms with Crippen LogP contribution in [0.25, 0.3) is 0 Å². The molecular formula is C13H17ClN4OS. The minimum Gasteiger partial charge on any atom is -0.383 e. The zero-order valence-electron chi connectivity index (χ0n) is 11.4. The smallest absolute Gasteiger partial charge is 0.213 e. The number of hydrogen-bond acceptors (Lipinski definition) is 5. The van der Waals surface area contributed by atoms with Gasteiger partial charge in [-0.15, -0.1) is 5.10 Å². The molecule has 0 spiro atoms. The van der Waals surface area contributed by atoms with Gasteiger partial charge >= 0.3 is 0 Å². The molecule has 2 N–H and O–H groups in total. The second-order valence-corrected chi connectivity index (χ2v) is 5.68. The molecule has 0 aliphatic carbocycles. The highest BCUT2D eigenvalue weighted by Gasteiger charge is 2.06. The van der Waals surface area contributed by atoms with Gasteiger partial charge in [-0.1, -0.05) is 17.7 Å². The Labute approximate surface area is 127 Å². The van der Waals surface area contributed by atoms with Gasteiger partial charge in [-0.2, -0.15) is 0 Å². The molecule has 5 nitrogen and oxygen atoms in total. The predicted octanol–water partition coefficient (Wildman–Crippen LogP) is 2.65. The molecule has 0 aliphatic rings. The van der Waals surface area contributed by atoms with Crippen LogP contribution < -0.4 is 5.32 Å². The molecule has 0 radical (unpaired) electrons. The normalized spacial score (nSPS) is 10.9. The van der Waals surface area contributed by atoms with Gasteiger partial charge in [0, 0.05) is 30.1 Å². The Kier molecular flexibility index (Phi) is 5.85. The molecule has 0 fully saturated rings. The fraction of sp³-hybridized carbons (Fsp3) is 0.385. The average molecular weight is 313 g/mol. The number of aromatic nitrogens is 3. The van der Waals surface area contributed by atoms with Crippen LogP contribution in [0.2, 0.25) is 5.02 Å². The van der Waals surface area contributed by atoms with Crippen LogP contribution in [-0.4, -0.2) is 35.4 Å². The van der Waals surface area contributed by atoms with Crippen LogP contribution in [0.3, 0.4) is 0 Å². The van der Waals surface area contributed by atoms with Gasteiger partial charge in [0.15, 0.2) is 0 Å². The van der Waals surface area contributed by atoms with E-state index in [0.717, 1.165) is 34.4 Å². The molecule has 0 atom stereocenters. The van der Waals surface area contributed by atoms with Gasteiger partial charge in [0.1, 0.15) is 5.82 Å². The summed E-state index contributed by atoms with van der Waals surface area (Å²) in [6.07, 6.45) is 0. The zero-order valence-corrected chi connectivity index (χ0v) is 13.0. The fourth-order valence-electron chi connectivity index (χ4n) is 1.61. The second kappa shape index (κ2) is 7.64. The zero-order chi connectivity index (χ0) is 14.4. The Bertz CT molecular complexity index is 561. The van der Waals surface area contributed by atoms with Crippen LogP contribution in [-0.2, 0) is 11.3 Å². The summed E-state index contributed by atoms with van der Waals surface area (Å²) in [6, 6.07) is 5.98. The minimum atomic E-state index is 0.690. The van der Waals surface area contributed by atoms with Crippen molar-refractivity contribution in [3.05, 3.63) is 34.6 Å². The van der Waals surface area contributed by atoms with Gasteiger partial charge in [-0.3, -0.25) is 5.10 Å². The van der Waals surface area contributed by atoms with Crippen LogP contribution in [0, 0.1) is 6.92 Å². The molecule has 1 aromatic carbocycles. The fourth-order valence-corrected chi connectivity index (χ4v) is 2.72. The molecule has 0 saturated carbocycles. The maximum atomic E-state index is 6.28. The lowest BCUT2D eigenvalue weighted by atomic mass is 10.2. The Hall–Kier alpha value is -1.08. The highest BCUT2D eigenvalue weighted by atomic mass is 35.5. The maximum absolute atomic E-state index is 6.28. The predicted molar refractivity (Wildman–Crippen MR) is 80.3 cm³/mol. The number of benzene rings is 1. The molecule has 7 heteroatoms. The third kappa shape index (κ3) is 4.49. The summed E-state index contributed by atoms with van der Waals surface area (Å²) in [6.45, 7) is 4.10. The number of halogens is 1. The van der Waals surface area contributed by atoms with Crippen LogP contribution in [0.1, 0.15) is 11.4 Å². The Morgan fingerprint density at radius 2 is 2.30 bits per heavy atom. The minimum absolute atomic E-state index is 0.690. The van der Waals surface area contributed by atoms with Gasteiger partial charge < -0.3 is 10.1 Å². The number of H-pyrrole nitrogens is 1. The number of ether oxygens (including phenoxy) is 1. The first-order chi connectivity index (χ1) is 9.69. The number of rotatable bonds is 7. The molecule has 2 rings (SSSR count). The van der Waals surface area contributed by atoms with Crippen molar-refractivity contribution in [3.8, 4) is 0 Å². The van der Waals surface area contributed by atoms with E-state index in [1.165, 1.54) is 11.8 Å². The summed E-state index contributed by atoms with van der Waals surface area (Å²) in [4.78, 5) is 5.28. The first kappa shape index (κ1) is 15.3. The number of nitrogens with one attached hydrogen (secondary N) is 2. The molecule has 0 unspecified atom stereocenters. The van der Waals surface area contributed by atoms with Crippen molar-refractivity contribution >= 4 is 23.4 Å². The Morgan fingerprint density at radius 1 is 1.45 bits per heavy atom. The van der Waals surface area contributed by atoms with Crippen molar-refractivity contribution in [2.75, 3.05) is 20.3 Å². The number of methoxy groups -OCH3 is 1. The topological polar surface area (TPSA) is 62.8 Å². The molecule has 20 heavy (non-hydrogen) atoms. The highest BCUT2D eigenvalue weighted by Crippen LogP contribution is 2.28. The molecular weight excluding hydrogens is 296 g/mol. The Balaban J connectivity index is 1.94. The maximum Gasteiger partial charge on any atom is 0.213 e. The quantitative estimate of drug-likeness (QED) is 0.770. The summed E-state index contributed by atoms with van der Waals surface area (Å²) in [7, 11) is 1.69. The van der Waals surface area contributed by atoms with E-state index in [0.29, 0.717) is 11.8 Å². The second-order valence-electron chi connectivity index (χ2n) is 4.23. The molecule has 0 saturated heterocycles. The van der Waals surface area contributed by atoms with Crippen molar-refractivity contribution in [2.45, 2.75) is 23.5 Å². The van der Waals surface area contributed by atoms with Crippen molar-refractivity contribution in [1.29, 1.82) is 0 Å². The molecule has 1 aromatic heterocycles. The average Bonchev–Trinajstić information content (AvgIpc) is 2.82. The SMILES string of the molecule is COCCNCc1ccc(Sc2n[nH]c(C)n2)cc1Cl. The standard InChI is InChI=1S/C13H17ClN4OS/c1-9-16-13(18-17-9)20-11-4-3-10(12(14)7-11)8-15-5-6-19-2/h3-4,7,15H,5-6,8H2,1-2H3,(H,16,17,18). The van der Waals surface area contributed by atoms with E-state index in [1.807, 2.05) is 25.1 Å². The molecule has 2 aromatic rings. The third-order valence-corrected chi connectivity index (χ3v) is 3.82. The van der Waals surface area contributed by atoms with Crippen molar-refractivity contribution in [1.82, 2.24) is 20.5 Å². The number of hydrogen-bond donors (Lipinski definition) is 2. The van der Waals surface area contributed by atoms with E-state index in [-0.39, 0.29) is 0 Å². The summed E-state index contributed by atoms with van der Waals surface area (Å²) < 4.78 is 4.98. The summed E-state index contributed by atoms with van der Waals surface area (Å²) >= 11 is 7.77. The van der Waals surface area contributed by atoms with Gasteiger partial charge in [0.2, 0.25) is 5.16 Å². The summed E-state index contributed by atoms with van der Waals surface area (Å²) in [5, 5.41) is 11.6. The first-order valence-corrected chi connectivity index (χ1v) is 7.43. The summed E-state index contributed by atoms with van der Waals surface area (Å²) in [5.74, 6) is 0.803. The van der Waals surface area contributed by atoms with Crippen LogP contribution in [0.5, 0.6) is 0 Å². The van der Waals surface area contributed by atoms with Crippen molar-refractivity contribution in [2.24, 2.45) is 0 Å². The molecule has 108 valence electrons. The highest BCUT2D eigenvalue weighted by molar-refractivity contribution is 7.99. The molecule has 0 bridgehead atoms. The van der Waals surface area contributed by atoms with E-state index >= 15 is 0 Å². The lowest BCUT2D eigenvalue weighted by Crippen LogP contribution is -2.18. The monoisotopic (exact) mass is 312 g/mol. The molecule has 0 amide bonds. The van der Waals surface area contributed by atoms with E-state index in [9.17, 15) is 0 Å². The number of nitrogens with zero attached hydrogens (tertiary/aromatic N) is 2. The van der Waals surface area contributed by atoms with Crippen molar-refractivity contribution in [3.63, 3.8) is 0 Å². The van der Waals surface area contributed by atoms with Crippen LogP contribution in [0.15, 0.2) is 28.3 Å². The number of aryl methyl sites for hydroxylation is 1. The Morgan fingerprint density at radius 3 is 2.95 bits per heavy atom. The van der Waals surface area contributed by atoms with E-state index < -0.39 is 0 Å². The molecule has 0 aliphatic heterocycles. The number of aromatic amines is 1. The van der Waals surface area contributed by atoms with E-state index in [2.05, 4.69) is 20.5 Å². The van der Waals surface area contributed by atoms with E-state index in [1.54, 1.807) is 7.11 Å². The van der Waals surface area contributed by atoms with E-state index in [4.69, 9.17) is 16.3 Å². The van der Waals surface area contributed by atoms with Gasteiger partial charge in [-0.05, 0) is 36.4 Å². The van der Waals surface area contributed by atoms with Gasteiger partial charge in [0.25, 0.3) is 0 Å². The molecule has 1 heterocycles. The lowest BCUT2D eigenvalue weighted by molar-refractivity contribution is 0.199. The van der Waals surface area contributed by atoms with Crippen molar-refractivity contribution < 1.29 is 4.74 Å². The van der Waals surface area contributed by atoms with Gasteiger partial charge in [-0.25, -0.2) is 4.98 Å². The third-order valence-electron chi connectivity index (χ3n) is 2.61. The summed E-state index contributed by atoms with van der Waals surface area (Å²) in [5.41, 5.74) is 1.07. The largest absolute Gasteiger partial charge is 0.383 e. The lowest BCUT2D eigenvalue weighted by Gasteiger charge is -2.07. The first-order valence-electron chi connectivity index (χ1n) is 6.24. The van der Waals surface area contributed by atoms with Crippen LogP contribution in [0.4, 0.5) is 0 Å². The van der Waals surface area contributed by atoms with Gasteiger partial charge in [0.05, 0.1) is 6.61 Å².